The highest BCUT2D eigenvalue weighted by atomic mass is 35.5. The number of nitrogens with one attached hydrogen (secondary N) is 1. The van der Waals surface area contributed by atoms with Crippen molar-refractivity contribution in [2.24, 2.45) is 0 Å². The van der Waals surface area contributed by atoms with Crippen LogP contribution in [0.25, 0.3) is 11.4 Å². The highest BCUT2D eigenvalue weighted by molar-refractivity contribution is 6.32. The van der Waals surface area contributed by atoms with E-state index in [1.54, 1.807) is 6.20 Å². The molecule has 0 radical (unpaired) electrons. The Bertz CT molecular complexity index is 355. The van der Waals surface area contributed by atoms with Crippen molar-refractivity contribution < 1.29 is 0 Å². The number of aryl methyl sites for hydroxylation is 1. The minimum atomic E-state index is 0.508. The van der Waals surface area contributed by atoms with Gasteiger partial charge in [0.25, 0.3) is 0 Å². The van der Waals surface area contributed by atoms with Gasteiger partial charge in [-0.1, -0.05) is 11.6 Å². The van der Waals surface area contributed by atoms with Gasteiger partial charge >= 0.3 is 0 Å². The summed E-state index contributed by atoms with van der Waals surface area (Å²) in [5.41, 5.74) is 0.872. The zero-order chi connectivity index (χ0) is 7.84. The van der Waals surface area contributed by atoms with Gasteiger partial charge in [0, 0.05) is 6.20 Å². The van der Waals surface area contributed by atoms with E-state index in [0.29, 0.717) is 5.15 Å². The number of hydrogen-bond donors (Lipinski definition) is 1. The van der Waals surface area contributed by atoms with Gasteiger partial charge < -0.3 is 4.98 Å². The van der Waals surface area contributed by atoms with Crippen LogP contribution in [0.3, 0.4) is 0 Å². The predicted molar refractivity (Wildman–Crippen MR) is 42.8 cm³/mol. The van der Waals surface area contributed by atoms with Gasteiger partial charge in [-0.25, -0.2) is 9.97 Å². The molecule has 2 aliphatic rings. The molecule has 56 valence electrons. The molecule has 0 aromatic heterocycles. The zero-order valence-corrected chi connectivity index (χ0v) is 6.68. The normalized spacial score (nSPS) is 10.7. The Hall–Kier alpha value is -1.09. The van der Waals surface area contributed by atoms with E-state index in [1.165, 1.54) is 0 Å². The lowest BCUT2D eigenvalue weighted by Crippen LogP contribution is -1.92. The molecule has 1 N–H and O–H groups in total. The van der Waals surface area contributed by atoms with Gasteiger partial charge in [-0.3, -0.25) is 0 Å². The van der Waals surface area contributed by atoms with Crippen LogP contribution >= 0.6 is 11.6 Å². The van der Waals surface area contributed by atoms with Crippen LogP contribution in [0.15, 0.2) is 12.3 Å². The molecule has 0 saturated carbocycles. The SMILES string of the molecule is Cc1nc(Cl)c2ccnc-2[nH]1. The first kappa shape index (κ1) is 6.61. The minimum absolute atomic E-state index is 0.508. The van der Waals surface area contributed by atoms with Crippen molar-refractivity contribution in [1.82, 2.24) is 15.0 Å². The summed E-state index contributed by atoms with van der Waals surface area (Å²) in [6.45, 7) is 1.85. The molecule has 2 aliphatic heterocycles. The average molecular weight is 168 g/mol. The average Bonchev–Trinajstić information content (AvgIpc) is 2.34. The van der Waals surface area contributed by atoms with Crippen LogP contribution in [-0.4, -0.2) is 15.0 Å². The standard InChI is InChI=1S/C7H6ClN3/c1-4-10-6(8)5-2-3-9-7(5)11-4/h2-3H,1H3,(H,9,10,11). The van der Waals surface area contributed by atoms with E-state index in [2.05, 4.69) is 15.0 Å². The third-order valence-electron chi connectivity index (χ3n) is 1.49. The fourth-order valence-corrected chi connectivity index (χ4v) is 1.29. The fraction of sp³-hybridized carbons (Fsp3) is 0.143. The van der Waals surface area contributed by atoms with Crippen molar-refractivity contribution in [3.63, 3.8) is 0 Å². The van der Waals surface area contributed by atoms with Crippen molar-refractivity contribution in [2.45, 2.75) is 6.92 Å². The van der Waals surface area contributed by atoms with E-state index in [4.69, 9.17) is 11.6 Å². The Morgan fingerprint density at radius 2 is 2.36 bits per heavy atom. The van der Waals surface area contributed by atoms with E-state index in [1.807, 2.05) is 13.0 Å². The van der Waals surface area contributed by atoms with Gasteiger partial charge in [-0.15, -0.1) is 0 Å². The van der Waals surface area contributed by atoms with Crippen molar-refractivity contribution in [1.29, 1.82) is 0 Å². The second-order valence-electron chi connectivity index (χ2n) is 2.32. The lowest BCUT2D eigenvalue weighted by Gasteiger charge is -2.00. The topological polar surface area (TPSA) is 41.6 Å². The van der Waals surface area contributed by atoms with Gasteiger partial charge in [-0.05, 0) is 13.0 Å². The van der Waals surface area contributed by atoms with E-state index in [9.17, 15) is 0 Å². The minimum Gasteiger partial charge on any atom is -0.328 e. The van der Waals surface area contributed by atoms with Crippen LogP contribution in [0.5, 0.6) is 0 Å². The van der Waals surface area contributed by atoms with Crippen LogP contribution < -0.4 is 0 Å². The Morgan fingerprint density at radius 3 is 3.18 bits per heavy atom. The van der Waals surface area contributed by atoms with Crippen molar-refractivity contribution in [3.8, 4) is 11.4 Å². The zero-order valence-electron chi connectivity index (χ0n) is 5.93. The van der Waals surface area contributed by atoms with Crippen LogP contribution in [0, 0.1) is 6.92 Å². The van der Waals surface area contributed by atoms with Gasteiger partial charge in [0.05, 0.1) is 5.56 Å². The van der Waals surface area contributed by atoms with Crippen LogP contribution in [0.1, 0.15) is 5.82 Å². The maximum Gasteiger partial charge on any atom is 0.142 e. The van der Waals surface area contributed by atoms with Crippen LogP contribution in [0.2, 0.25) is 5.15 Å². The van der Waals surface area contributed by atoms with Gasteiger partial charge in [0.15, 0.2) is 0 Å². The fourth-order valence-electron chi connectivity index (χ4n) is 1.01. The molecular weight excluding hydrogens is 162 g/mol. The molecule has 2 heterocycles. The first-order valence-electron chi connectivity index (χ1n) is 3.24. The molecule has 11 heavy (non-hydrogen) atoms. The molecule has 0 spiro atoms. The molecule has 0 atom stereocenters. The molecule has 0 saturated heterocycles. The number of aromatic nitrogens is 3. The van der Waals surface area contributed by atoms with E-state index in [0.717, 1.165) is 17.2 Å². The first-order valence-corrected chi connectivity index (χ1v) is 3.62. The number of hydrogen-bond acceptors (Lipinski definition) is 2. The number of H-pyrrole nitrogens is 1. The third-order valence-corrected chi connectivity index (χ3v) is 1.78. The van der Waals surface area contributed by atoms with E-state index in [-0.39, 0.29) is 0 Å². The largest absolute Gasteiger partial charge is 0.328 e. The Morgan fingerprint density at radius 1 is 1.55 bits per heavy atom. The van der Waals surface area contributed by atoms with Crippen LogP contribution in [0.4, 0.5) is 0 Å². The van der Waals surface area contributed by atoms with E-state index >= 15 is 0 Å². The Labute approximate surface area is 68.8 Å². The Balaban J connectivity index is 2.79. The van der Waals surface area contributed by atoms with Gasteiger partial charge in [0.1, 0.15) is 16.8 Å². The van der Waals surface area contributed by atoms with Crippen molar-refractivity contribution in [3.05, 3.63) is 23.2 Å². The summed E-state index contributed by atoms with van der Waals surface area (Å²) in [4.78, 5) is 11.1. The smallest absolute Gasteiger partial charge is 0.142 e. The first-order chi connectivity index (χ1) is 5.27. The second kappa shape index (κ2) is 2.20. The third kappa shape index (κ3) is 0.973. The van der Waals surface area contributed by atoms with E-state index < -0.39 is 0 Å². The molecular formula is C7H6ClN3. The number of nitrogens with zero attached hydrogens (tertiary/aromatic N) is 2. The maximum absolute atomic E-state index is 5.83. The number of rotatable bonds is 0. The predicted octanol–water partition coefficient (Wildman–Crippen LogP) is 1.87. The summed E-state index contributed by atoms with van der Waals surface area (Å²) in [6, 6.07) is 1.83. The number of aromatic amines is 1. The summed E-state index contributed by atoms with van der Waals surface area (Å²) in [6.07, 6.45) is 1.70. The number of fused-ring (bicyclic) bond motifs is 1. The van der Waals surface area contributed by atoms with Crippen LogP contribution in [-0.2, 0) is 0 Å². The number of halogens is 1. The van der Waals surface area contributed by atoms with Crippen molar-refractivity contribution in [2.75, 3.05) is 0 Å². The summed E-state index contributed by atoms with van der Waals surface area (Å²) >= 11 is 5.83. The molecule has 0 amide bonds. The quantitative estimate of drug-likeness (QED) is 0.609. The lowest BCUT2D eigenvalue weighted by atomic mass is 10.3. The summed E-state index contributed by atoms with van der Waals surface area (Å²) < 4.78 is 0. The van der Waals surface area contributed by atoms with Gasteiger partial charge in [-0.2, -0.15) is 0 Å². The van der Waals surface area contributed by atoms with Gasteiger partial charge in [0.2, 0.25) is 0 Å². The van der Waals surface area contributed by atoms with Crippen molar-refractivity contribution >= 4 is 11.6 Å². The highest BCUT2D eigenvalue weighted by Gasteiger charge is 2.09. The molecule has 3 nitrogen and oxygen atoms in total. The Kier molecular flexibility index (Phi) is 1.32. The molecule has 0 aliphatic carbocycles. The summed E-state index contributed by atoms with van der Waals surface area (Å²) in [5.74, 6) is 1.57. The molecule has 4 heteroatoms. The molecule has 0 unspecified atom stereocenters. The lowest BCUT2D eigenvalue weighted by molar-refractivity contribution is 1.04. The molecule has 0 aromatic carbocycles. The summed E-state index contributed by atoms with van der Waals surface area (Å²) in [7, 11) is 0. The second-order valence-corrected chi connectivity index (χ2v) is 2.68. The monoisotopic (exact) mass is 167 g/mol. The highest BCUT2D eigenvalue weighted by Crippen LogP contribution is 2.24. The molecule has 0 bridgehead atoms. The molecule has 0 aromatic rings. The maximum atomic E-state index is 5.83. The molecule has 0 fully saturated rings. The molecule has 2 rings (SSSR count). The summed E-state index contributed by atoms with van der Waals surface area (Å²) in [5, 5.41) is 0.508.